The molecule has 0 bridgehead atoms. The molecule has 1 unspecified atom stereocenters. The highest BCUT2D eigenvalue weighted by molar-refractivity contribution is 5.21. The van der Waals surface area contributed by atoms with Gasteiger partial charge in [0.25, 0.3) is 0 Å². The standard InChI is InChI=1S/C16H25F2NO2/c1-4-10-19-15(16(20-5-2)21-6-3)11-12-13(17)8-7-9-14(12)18/h7-9,15-16,19H,4-6,10-11H2,1-3H3. The quantitative estimate of drug-likeness (QED) is 0.673. The molecule has 0 spiro atoms. The van der Waals surface area contributed by atoms with E-state index in [1.165, 1.54) is 18.2 Å². The van der Waals surface area contributed by atoms with Gasteiger partial charge >= 0.3 is 0 Å². The van der Waals surface area contributed by atoms with E-state index in [0.29, 0.717) is 13.2 Å². The smallest absolute Gasteiger partial charge is 0.172 e. The third-order valence-electron chi connectivity index (χ3n) is 3.13. The van der Waals surface area contributed by atoms with Gasteiger partial charge in [0.1, 0.15) is 11.6 Å². The van der Waals surface area contributed by atoms with Crippen LogP contribution < -0.4 is 5.32 Å². The van der Waals surface area contributed by atoms with Gasteiger partial charge in [-0.15, -0.1) is 0 Å². The highest BCUT2D eigenvalue weighted by atomic mass is 19.1. The highest BCUT2D eigenvalue weighted by Gasteiger charge is 2.24. The molecule has 0 aromatic heterocycles. The number of hydrogen-bond donors (Lipinski definition) is 1. The molecular weight excluding hydrogens is 276 g/mol. The molecular formula is C16H25F2NO2. The Bertz CT molecular complexity index is 389. The van der Waals surface area contributed by atoms with Gasteiger partial charge in [-0.25, -0.2) is 8.78 Å². The second-order valence-electron chi connectivity index (χ2n) is 4.74. The lowest BCUT2D eigenvalue weighted by Gasteiger charge is -2.28. The molecule has 1 aromatic carbocycles. The zero-order chi connectivity index (χ0) is 15.7. The summed E-state index contributed by atoms with van der Waals surface area (Å²) in [6, 6.07) is 3.61. The zero-order valence-electron chi connectivity index (χ0n) is 13.0. The van der Waals surface area contributed by atoms with Crippen molar-refractivity contribution >= 4 is 0 Å². The predicted molar refractivity (Wildman–Crippen MR) is 79.2 cm³/mol. The van der Waals surface area contributed by atoms with Crippen LogP contribution in [-0.4, -0.2) is 32.1 Å². The van der Waals surface area contributed by atoms with Gasteiger partial charge in [0.15, 0.2) is 6.29 Å². The Morgan fingerprint density at radius 1 is 1.05 bits per heavy atom. The Balaban J connectivity index is 2.90. The van der Waals surface area contributed by atoms with Crippen molar-refractivity contribution in [2.75, 3.05) is 19.8 Å². The molecule has 3 nitrogen and oxygen atoms in total. The zero-order valence-corrected chi connectivity index (χ0v) is 13.0. The first kappa shape index (κ1) is 18.0. The van der Waals surface area contributed by atoms with Gasteiger partial charge in [-0.05, 0) is 45.4 Å². The van der Waals surface area contributed by atoms with Crippen molar-refractivity contribution in [2.24, 2.45) is 0 Å². The molecule has 0 amide bonds. The summed E-state index contributed by atoms with van der Waals surface area (Å²) in [5.41, 5.74) is 0.0653. The van der Waals surface area contributed by atoms with Crippen LogP contribution >= 0.6 is 0 Å². The first-order valence-corrected chi connectivity index (χ1v) is 7.53. The Morgan fingerprint density at radius 3 is 2.10 bits per heavy atom. The molecule has 1 N–H and O–H groups in total. The molecule has 1 rings (SSSR count). The molecule has 5 heteroatoms. The molecule has 0 aliphatic rings. The van der Waals surface area contributed by atoms with Gasteiger partial charge in [0.05, 0.1) is 6.04 Å². The van der Waals surface area contributed by atoms with Gasteiger partial charge in [-0.1, -0.05) is 13.0 Å². The Kier molecular flexibility index (Phi) is 8.42. The fourth-order valence-corrected chi connectivity index (χ4v) is 2.15. The fraction of sp³-hybridized carbons (Fsp3) is 0.625. The van der Waals surface area contributed by atoms with E-state index in [1.807, 2.05) is 20.8 Å². The first-order valence-electron chi connectivity index (χ1n) is 7.53. The van der Waals surface area contributed by atoms with Crippen LogP contribution in [0.4, 0.5) is 8.78 Å². The molecule has 0 aliphatic carbocycles. The number of hydrogen-bond acceptors (Lipinski definition) is 3. The minimum absolute atomic E-state index is 0.0653. The third kappa shape index (κ3) is 5.69. The summed E-state index contributed by atoms with van der Waals surface area (Å²) < 4.78 is 38.8. The van der Waals surface area contributed by atoms with Crippen LogP contribution in [0.5, 0.6) is 0 Å². The van der Waals surface area contributed by atoms with E-state index in [0.717, 1.165) is 13.0 Å². The van der Waals surface area contributed by atoms with E-state index in [4.69, 9.17) is 9.47 Å². The van der Waals surface area contributed by atoms with E-state index in [1.54, 1.807) is 0 Å². The minimum atomic E-state index is -0.537. The third-order valence-corrected chi connectivity index (χ3v) is 3.13. The maximum absolute atomic E-state index is 13.8. The maximum atomic E-state index is 13.8. The summed E-state index contributed by atoms with van der Waals surface area (Å²) in [5, 5.41) is 3.26. The molecule has 0 heterocycles. The van der Waals surface area contributed by atoms with Gasteiger partial charge in [-0.3, -0.25) is 0 Å². The molecule has 1 atom stereocenters. The van der Waals surface area contributed by atoms with Crippen molar-refractivity contribution in [3.05, 3.63) is 35.4 Å². The van der Waals surface area contributed by atoms with Crippen molar-refractivity contribution in [3.8, 4) is 0 Å². The number of rotatable bonds is 10. The summed E-state index contributed by atoms with van der Waals surface area (Å²) in [7, 11) is 0. The van der Waals surface area contributed by atoms with Gasteiger partial charge in [0, 0.05) is 18.8 Å². The second kappa shape index (κ2) is 9.82. The van der Waals surface area contributed by atoms with E-state index < -0.39 is 17.9 Å². The topological polar surface area (TPSA) is 30.5 Å². The number of halogens is 2. The number of nitrogens with one attached hydrogen (secondary N) is 1. The van der Waals surface area contributed by atoms with Crippen LogP contribution in [0.3, 0.4) is 0 Å². The highest BCUT2D eigenvalue weighted by Crippen LogP contribution is 2.17. The van der Waals surface area contributed by atoms with Crippen LogP contribution in [0.2, 0.25) is 0 Å². The van der Waals surface area contributed by atoms with Crippen LogP contribution in [-0.2, 0) is 15.9 Å². The van der Waals surface area contributed by atoms with E-state index in [-0.39, 0.29) is 18.0 Å². The minimum Gasteiger partial charge on any atom is -0.351 e. The molecule has 21 heavy (non-hydrogen) atoms. The lowest BCUT2D eigenvalue weighted by molar-refractivity contribution is -0.153. The van der Waals surface area contributed by atoms with Crippen molar-refractivity contribution < 1.29 is 18.3 Å². The van der Waals surface area contributed by atoms with E-state index in [9.17, 15) is 8.78 Å². The first-order chi connectivity index (χ1) is 10.1. The molecule has 120 valence electrons. The summed E-state index contributed by atoms with van der Waals surface area (Å²) in [5.74, 6) is -1.07. The van der Waals surface area contributed by atoms with E-state index in [2.05, 4.69) is 5.32 Å². The van der Waals surface area contributed by atoms with Crippen molar-refractivity contribution in [3.63, 3.8) is 0 Å². The predicted octanol–water partition coefficient (Wildman–Crippen LogP) is 3.27. The summed E-state index contributed by atoms with van der Waals surface area (Å²) in [6.07, 6.45) is 0.579. The van der Waals surface area contributed by atoms with Crippen molar-refractivity contribution in [1.82, 2.24) is 5.32 Å². The Labute approximate surface area is 125 Å². The van der Waals surface area contributed by atoms with Crippen molar-refractivity contribution in [2.45, 2.75) is 45.9 Å². The Hall–Kier alpha value is -1.04. The molecule has 0 fully saturated rings. The van der Waals surface area contributed by atoms with Gasteiger partial charge < -0.3 is 14.8 Å². The molecule has 0 saturated carbocycles. The second-order valence-corrected chi connectivity index (χ2v) is 4.74. The largest absolute Gasteiger partial charge is 0.351 e. The molecule has 0 radical (unpaired) electrons. The normalized spacial score (nSPS) is 12.9. The van der Waals surface area contributed by atoms with Crippen LogP contribution in [0, 0.1) is 11.6 Å². The average molecular weight is 301 g/mol. The maximum Gasteiger partial charge on any atom is 0.172 e. The molecule has 0 saturated heterocycles. The Morgan fingerprint density at radius 2 is 1.62 bits per heavy atom. The van der Waals surface area contributed by atoms with Gasteiger partial charge in [0.2, 0.25) is 0 Å². The SMILES string of the molecule is CCCNC(Cc1c(F)cccc1F)C(OCC)OCC. The summed E-state index contributed by atoms with van der Waals surface area (Å²) in [4.78, 5) is 0. The van der Waals surface area contributed by atoms with Crippen LogP contribution in [0.1, 0.15) is 32.8 Å². The van der Waals surface area contributed by atoms with E-state index >= 15 is 0 Å². The van der Waals surface area contributed by atoms with Crippen molar-refractivity contribution in [1.29, 1.82) is 0 Å². The average Bonchev–Trinajstić information content (AvgIpc) is 2.46. The lowest BCUT2D eigenvalue weighted by Crippen LogP contribution is -2.45. The summed E-state index contributed by atoms with van der Waals surface area (Å²) in [6.45, 7) is 7.46. The molecule has 0 aliphatic heterocycles. The van der Waals surface area contributed by atoms with Gasteiger partial charge in [-0.2, -0.15) is 0 Å². The van der Waals surface area contributed by atoms with Crippen LogP contribution in [0.15, 0.2) is 18.2 Å². The number of benzene rings is 1. The fourth-order valence-electron chi connectivity index (χ4n) is 2.15. The monoisotopic (exact) mass is 301 g/mol. The summed E-state index contributed by atoms with van der Waals surface area (Å²) >= 11 is 0. The van der Waals surface area contributed by atoms with Crippen LogP contribution in [0.25, 0.3) is 0 Å². The lowest BCUT2D eigenvalue weighted by atomic mass is 10.0. The number of ether oxygens (including phenoxy) is 2. The molecule has 1 aromatic rings.